The van der Waals surface area contributed by atoms with Crippen LogP contribution in [0.4, 0.5) is 5.69 Å². The van der Waals surface area contributed by atoms with Crippen molar-refractivity contribution in [3.8, 4) is 5.75 Å². The first-order valence-electron chi connectivity index (χ1n) is 10.9. The lowest BCUT2D eigenvalue weighted by molar-refractivity contribution is -0.136. The van der Waals surface area contributed by atoms with Crippen LogP contribution < -0.4 is 9.64 Å². The van der Waals surface area contributed by atoms with Crippen LogP contribution in [0.25, 0.3) is 0 Å². The molecular weight excluding hydrogens is 386 g/mol. The highest BCUT2D eigenvalue weighted by atomic mass is 16.5. The molecule has 1 N–H and O–H groups in total. The number of carbonyl (C=O) groups is 1. The standard InChI is InChI=1S/C27H31NO3/c1-3-17-28(25-6-4-5-21(2)18-25)19-23-7-9-24(10-8-23)20-31-26-14-11-22(12-15-26)13-16-27(29)30/h4-12,14-15,18H,3,13,16-17,19-20H2,1-2H3,(H,29,30). The molecule has 0 fully saturated rings. The molecule has 162 valence electrons. The summed E-state index contributed by atoms with van der Waals surface area (Å²) in [6.45, 7) is 6.76. The highest BCUT2D eigenvalue weighted by Crippen LogP contribution is 2.20. The Labute approximate surface area is 185 Å². The number of anilines is 1. The molecule has 4 heteroatoms. The van der Waals surface area contributed by atoms with E-state index in [1.807, 2.05) is 24.3 Å². The third kappa shape index (κ3) is 7.18. The van der Waals surface area contributed by atoms with Gasteiger partial charge in [0, 0.05) is 25.2 Å². The van der Waals surface area contributed by atoms with Crippen molar-refractivity contribution in [3.63, 3.8) is 0 Å². The van der Waals surface area contributed by atoms with Gasteiger partial charge in [0.25, 0.3) is 0 Å². The molecule has 0 aliphatic rings. The van der Waals surface area contributed by atoms with E-state index in [2.05, 4.69) is 67.3 Å². The van der Waals surface area contributed by atoms with Gasteiger partial charge in [-0.25, -0.2) is 0 Å². The molecule has 0 bridgehead atoms. The Bertz CT molecular complexity index is 965. The van der Waals surface area contributed by atoms with Crippen molar-refractivity contribution in [1.82, 2.24) is 0 Å². The van der Waals surface area contributed by atoms with Gasteiger partial charge in [0.2, 0.25) is 0 Å². The Kier molecular flexibility index (Phi) is 8.11. The Morgan fingerprint density at radius 2 is 1.61 bits per heavy atom. The molecule has 3 rings (SSSR count). The van der Waals surface area contributed by atoms with E-state index in [4.69, 9.17) is 9.84 Å². The zero-order valence-electron chi connectivity index (χ0n) is 18.4. The minimum Gasteiger partial charge on any atom is -0.489 e. The Hall–Kier alpha value is -3.27. The third-order valence-electron chi connectivity index (χ3n) is 5.21. The SMILES string of the molecule is CCCN(Cc1ccc(COc2ccc(CCC(=O)O)cc2)cc1)c1cccc(C)c1. The largest absolute Gasteiger partial charge is 0.489 e. The van der Waals surface area contributed by atoms with E-state index < -0.39 is 5.97 Å². The second-order valence-corrected chi connectivity index (χ2v) is 7.90. The van der Waals surface area contributed by atoms with Gasteiger partial charge in [0.1, 0.15) is 12.4 Å². The minimum atomic E-state index is -0.777. The molecule has 0 saturated carbocycles. The molecule has 0 amide bonds. The number of carboxylic acids is 1. The maximum Gasteiger partial charge on any atom is 0.303 e. The average molecular weight is 418 g/mol. The molecule has 0 spiro atoms. The van der Waals surface area contributed by atoms with E-state index in [1.54, 1.807) is 0 Å². The number of rotatable bonds is 11. The van der Waals surface area contributed by atoms with Gasteiger partial charge in [-0.1, -0.05) is 55.5 Å². The summed E-state index contributed by atoms with van der Waals surface area (Å²) in [5.41, 5.74) is 5.95. The second kappa shape index (κ2) is 11.2. The smallest absolute Gasteiger partial charge is 0.303 e. The summed E-state index contributed by atoms with van der Waals surface area (Å²) in [5.74, 6) is 0.0113. The van der Waals surface area contributed by atoms with Crippen molar-refractivity contribution in [2.45, 2.75) is 46.3 Å². The van der Waals surface area contributed by atoms with Crippen molar-refractivity contribution in [1.29, 1.82) is 0 Å². The molecule has 3 aromatic carbocycles. The predicted octanol–water partition coefficient (Wildman–Crippen LogP) is 6.01. The van der Waals surface area contributed by atoms with Crippen molar-refractivity contribution in [3.05, 3.63) is 95.1 Å². The zero-order chi connectivity index (χ0) is 22.1. The number of hydrogen-bond donors (Lipinski definition) is 1. The van der Waals surface area contributed by atoms with E-state index in [0.717, 1.165) is 36.4 Å². The van der Waals surface area contributed by atoms with E-state index >= 15 is 0 Å². The Balaban J connectivity index is 1.55. The normalized spacial score (nSPS) is 10.6. The molecule has 3 aromatic rings. The summed E-state index contributed by atoms with van der Waals surface area (Å²) >= 11 is 0. The first kappa shape index (κ1) is 22.4. The number of aliphatic carboxylic acids is 1. The van der Waals surface area contributed by atoms with Crippen molar-refractivity contribution < 1.29 is 14.6 Å². The second-order valence-electron chi connectivity index (χ2n) is 7.90. The van der Waals surface area contributed by atoms with Gasteiger partial charge in [0.15, 0.2) is 0 Å². The molecule has 0 unspecified atom stereocenters. The topological polar surface area (TPSA) is 49.8 Å². The highest BCUT2D eigenvalue weighted by Gasteiger charge is 2.07. The van der Waals surface area contributed by atoms with E-state index in [9.17, 15) is 4.79 Å². The number of ether oxygens (including phenoxy) is 1. The maximum absolute atomic E-state index is 10.7. The van der Waals surface area contributed by atoms with E-state index in [0.29, 0.717) is 13.0 Å². The first-order chi connectivity index (χ1) is 15.0. The fraction of sp³-hybridized carbons (Fsp3) is 0.296. The molecule has 0 saturated heterocycles. The van der Waals surface area contributed by atoms with Crippen LogP contribution in [0.15, 0.2) is 72.8 Å². The summed E-state index contributed by atoms with van der Waals surface area (Å²) in [6, 6.07) is 24.9. The Morgan fingerprint density at radius 3 is 2.26 bits per heavy atom. The molecule has 0 aliphatic carbocycles. The quantitative estimate of drug-likeness (QED) is 0.415. The van der Waals surface area contributed by atoms with Gasteiger partial charge in [-0.15, -0.1) is 0 Å². The molecule has 0 aromatic heterocycles. The fourth-order valence-electron chi connectivity index (χ4n) is 3.53. The molecule has 0 heterocycles. The third-order valence-corrected chi connectivity index (χ3v) is 5.21. The fourth-order valence-corrected chi connectivity index (χ4v) is 3.53. The predicted molar refractivity (Wildman–Crippen MR) is 126 cm³/mol. The van der Waals surface area contributed by atoms with Crippen LogP contribution in [0.5, 0.6) is 5.75 Å². The minimum absolute atomic E-state index is 0.145. The van der Waals surface area contributed by atoms with Gasteiger partial charge in [-0.05, 0) is 66.3 Å². The van der Waals surface area contributed by atoms with E-state index in [-0.39, 0.29) is 6.42 Å². The van der Waals surface area contributed by atoms with Gasteiger partial charge < -0.3 is 14.7 Å². The van der Waals surface area contributed by atoms with Crippen LogP contribution in [-0.2, 0) is 24.4 Å². The zero-order valence-corrected chi connectivity index (χ0v) is 18.4. The summed E-state index contributed by atoms with van der Waals surface area (Å²) in [4.78, 5) is 13.1. The molecule has 31 heavy (non-hydrogen) atoms. The molecule has 0 aliphatic heterocycles. The monoisotopic (exact) mass is 417 g/mol. The van der Waals surface area contributed by atoms with Crippen LogP contribution in [0.3, 0.4) is 0 Å². The van der Waals surface area contributed by atoms with Crippen LogP contribution >= 0.6 is 0 Å². The molecule has 4 nitrogen and oxygen atoms in total. The van der Waals surface area contributed by atoms with Gasteiger partial charge in [-0.3, -0.25) is 4.79 Å². The molecule has 0 radical (unpaired) electrons. The van der Waals surface area contributed by atoms with Crippen molar-refractivity contribution in [2.75, 3.05) is 11.4 Å². The van der Waals surface area contributed by atoms with Crippen LogP contribution in [0.1, 0.15) is 42.0 Å². The summed E-state index contributed by atoms with van der Waals surface area (Å²) in [7, 11) is 0. The van der Waals surface area contributed by atoms with Crippen LogP contribution in [0, 0.1) is 6.92 Å². The summed E-state index contributed by atoms with van der Waals surface area (Å²) in [6.07, 6.45) is 1.79. The van der Waals surface area contributed by atoms with Crippen LogP contribution in [-0.4, -0.2) is 17.6 Å². The van der Waals surface area contributed by atoms with Gasteiger partial charge in [0.05, 0.1) is 0 Å². The van der Waals surface area contributed by atoms with Crippen molar-refractivity contribution in [2.24, 2.45) is 0 Å². The van der Waals surface area contributed by atoms with Gasteiger partial charge >= 0.3 is 5.97 Å². The highest BCUT2D eigenvalue weighted by molar-refractivity contribution is 5.67. The first-order valence-corrected chi connectivity index (χ1v) is 10.9. The maximum atomic E-state index is 10.7. The lowest BCUT2D eigenvalue weighted by Crippen LogP contribution is -2.23. The number of carboxylic acid groups (broad SMARTS) is 1. The number of aryl methyl sites for hydroxylation is 2. The summed E-state index contributed by atoms with van der Waals surface area (Å²) in [5, 5.41) is 8.78. The molecule has 0 atom stereocenters. The lowest BCUT2D eigenvalue weighted by atomic mass is 10.1. The van der Waals surface area contributed by atoms with Gasteiger partial charge in [-0.2, -0.15) is 0 Å². The van der Waals surface area contributed by atoms with Crippen molar-refractivity contribution >= 4 is 11.7 Å². The number of nitrogens with zero attached hydrogens (tertiary/aromatic N) is 1. The van der Waals surface area contributed by atoms with E-state index in [1.165, 1.54) is 16.8 Å². The summed E-state index contributed by atoms with van der Waals surface area (Å²) < 4.78 is 5.89. The average Bonchev–Trinajstić information content (AvgIpc) is 2.77. The Morgan fingerprint density at radius 1 is 0.935 bits per heavy atom. The molecular formula is C27H31NO3. The number of benzene rings is 3. The number of hydrogen-bond acceptors (Lipinski definition) is 3. The van der Waals surface area contributed by atoms with Crippen LogP contribution in [0.2, 0.25) is 0 Å². The lowest BCUT2D eigenvalue weighted by Gasteiger charge is -2.25.